The van der Waals surface area contributed by atoms with Crippen LogP contribution in [0.4, 0.5) is 0 Å². The van der Waals surface area contributed by atoms with E-state index in [-0.39, 0.29) is 5.56 Å². The van der Waals surface area contributed by atoms with E-state index in [9.17, 15) is 4.79 Å². The molecule has 0 saturated carbocycles. The molecular formula is C14H13Cl2N3O2. The lowest BCUT2D eigenvalue weighted by Gasteiger charge is -2.05. The van der Waals surface area contributed by atoms with Crippen LogP contribution in [0.1, 0.15) is 16.1 Å². The molecular weight excluding hydrogens is 313 g/mol. The molecule has 21 heavy (non-hydrogen) atoms. The Labute approximate surface area is 132 Å². The highest BCUT2D eigenvalue weighted by molar-refractivity contribution is 6.39. The van der Waals surface area contributed by atoms with Gasteiger partial charge >= 0.3 is 0 Å². The average Bonchev–Trinajstić information content (AvgIpc) is 2.78. The van der Waals surface area contributed by atoms with Crippen LogP contribution in [0.5, 0.6) is 0 Å². The average molecular weight is 326 g/mol. The van der Waals surface area contributed by atoms with Crippen molar-refractivity contribution < 1.29 is 9.32 Å². The molecule has 5 nitrogen and oxygen atoms in total. The van der Waals surface area contributed by atoms with Crippen LogP contribution in [0.15, 0.2) is 27.7 Å². The number of carbonyl (C=O) groups excluding carboxylic acids is 1. The molecule has 2 rings (SSSR count). The van der Waals surface area contributed by atoms with Crippen molar-refractivity contribution in [2.45, 2.75) is 6.92 Å². The van der Waals surface area contributed by atoms with Gasteiger partial charge in [-0.3, -0.25) is 4.79 Å². The van der Waals surface area contributed by atoms with Crippen LogP contribution in [0.3, 0.4) is 0 Å². The van der Waals surface area contributed by atoms with Gasteiger partial charge < -0.3 is 9.42 Å². The van der Waals surface area contributed by atoms with Crippen molar-refractivity contribution in [3.05, 3.63) is 39.6 Å². The molecule has 0 bridgehead atoms. The fraction of sp³-hybridized carbons (Fsp3) is 0.214. The highest BCUT2D eigenvalue weighted by Crippen LogP contribution is 2.36. The normalized spacial score (nSPS) is 11.1. The van der Waals surface area contributed by atoms with E-state index in [1.807, 2.05) is 0 Å². The van der Waals surface area contributed by atoms with E-state index in [0.717, 1.165) is 0 Å². The summed E-state index contributed by atoms with van der Waals surface area (Å²) in [4.78, 5) is 17.7. The first-order chi connectivity index (χ1) is 9.91. The van der Waals surface area contributed by atoms with Crippen LogP contribution in [0, 0.1) is 6.92 Å². The quantitative estimate of drug-likeness (QED) is 0.638. The molecule has 0 atom stereocenters. The molecule has 1 heterocycles. The zero-order valence-electron chi connectivity index (χ0n) is 11.7. The minimum atomic E-state index is -0.464. The summed E-state index contributed by atoms with van der Waals surface area (Å²) in [6.45, 7) is 1.64. The predicted molar refractivity (Wildman–Crippen MR) is 83.2 cm³/mol. The first kappa shape index (κ1) is 15.5. The minimum absolute atomic E-state index is 0.253. The monoisotopic (exact) mass is 325 g/mol. The molecule has 0 fully saturated rings. The third-order valence-electron chi connectivity index (χ3n) is 2.68. The molecule has 0 N–H and O–H groups in total. The van der Waals surface area contributed by atoms with E-state index >= 15 is 0 Å². The summed E-state index contributed by atoms with van der Waals surface area (Å²) >= 11 is 12.3. The fourth-order valence-corrected chi connectivity index (χ4v) is 2.33. The van der Waals surface area contributed by atoms with Gasteiger partial charge in [0.1, 0.15) is 17.0 Å². The summed E-state index contributed by atoms with van der Waals surface area (Å²) in [5.41, 5.74) is 1.01. The van der Waals surface area contributed by atoms with Crippen LogP contribution in [0.2, 0.25) is 10.0 Å². The molecule has 2 aromatic rings. The number of nitrogens with zero attached hydrogens (tertiary/aromatic N) is 3. The SMILES string of the molecule is Cc1onc(-c2c(Cl)cccc2Cl)c1C(=O)N=CN(C)C. The molecule has 1 aromatic carbocycles. The van der Waals surface area contributed by atoms with Crippen LogP contribution in [-0.2, 0) is 0 Å². The van der Waals surface area contributed by atoms with Crippen molar-refractivity contribution >= 4 is 35.4 Å². The molecule has 0 saturated heterocycles. The molecule has 1 amide bonds. The second-order valence-electron chi connectivity index (χ2n) is 4.57. The number of benzene rings is 1. The largest absolute Gasteiger partial charge is 0.369 e. The Morgan fingerprint density at radius 1 is 1.33 bits per heavy atom. The summed E-state index contributed by atoms with van der Waals surface area (Å²) in [6, 6.07) is 5.06. The Morgan fingerprint density at radius 3 is 2.52 bits per heavy atom. The van der Waals surface area contributed by atoms with Gasteiger partial charge in [0.15, 0.2) is 0 Å². The van der Waals surface area contributed by atoms with Crippen molar-refractivity contribution in [3.8, 4) is 11.3 Å². The number of carbonyl (C=O) groups is 1. The fourth-order valence-electron chi connectivity index (χ4n) is 1.75. The molecule has 0 radical (unpaired) electrons. The van der Waals surface area contributed by atoms with Gasteiger partial charge in [-0.15, -0.1) is 0 Å². The summed E-state index contributed by atoms with van der Waals surface area (Å²) in [7, 11) is 3.53. The number of amides is 1. The molecule has 0 aliphatic heterocycles. The Bertz CT molecular complexity index is 688. The zero-order valence-corrected chi connectivity index (χ0v) is 13.2. The lowest BCUT2D eigenvalue weighted by molar-refractivity contribution is 0.100. The van der Waals surface area contributed by atoms with Gasteiger partial charge in [0, 0.05) is 19.7 Å². The molecule has 0 spiro atoms. The molecule has 7 heteroatoms. The first-order valence-corrected chi connectivity index (χ1v) is 6.83. The lowest BCUT2D eigenvalue weighted by Crippen LogP contribution is -2.10. The number of aromatic nitrogens is 1. The topological polar surface area (TPSA) is 58.7 Å². The lowest BCUT2D eigenvalue weighted by atomic mass is 10.1. The molecule has 0 aliphatic rings. The highest BCUT2D eigenvalue weighted by Gasteiger charge is 2.24. The van der Waals surface area contributed by atoms with Crippen LogP contribution < -0.4 is 0 Å². The third kappa shape index (κ3) is 3.25. The predicted octanol–water partition coefficient (Wildman–Crippen LogP) is 3.69. The number of hydrogen-bond acceptors (Lipinski definition) is 3. The molecule has 110 valence electrons. The number of aryl methyl sites for hydroxylation is 1. The van der Waals surface area contributed by atoms with E-state index in [0.29, 0.717) is 27.1 Å². The van der Waals surface area contributed by atoms with E-state index < -0.39 is 5.91 Å². The number of halogens is 2. The number of hydrogen-bond donors (Lipinski definition) is 0. The summed E-state index contributed by atoms with van der Waals surface area (Å²) in [6.07, 6.45) is 1.41. The molecule has 0 unspecified atom stereocenters. The Morgan fingerprint density at radius 2 is 1.95 bits per heavy atom. The van der Waals surface area contributed by atoms with Crippen LogP contribution >= 0.6 is 23.2 Å². The molecule has 0 aliphatic carbocycles. The van der Waals surface area contributed by atoms with Crippen molar-refractivity contribution in [1.29, 1.82) is 0 Å². The Hall–Kier alpha value is -1.85. The number of aliphatic imine (C=N–C) groups is 1. The van der Waals surface area contributed by atoms with Crippen LogP contribution in [-0.4, -0.2) is 36.4 Å². The smallest absolute Gasteiger partial charge is 0.284 e. The van der Waals surface area contributed by atoms with Gasteiger partial charge in [-0.25, -0.2) is 0 Å². The van der Waals surface area contributed by atoms with Gasteiger partial charge in [0.2, 0.25) is 0 Å². The van der Waals surface area contributed by atoms with Crippen molar-refractivity contribution in [3.63, 3.8) is 0 Å². The highest BCUT2D eigenvalue weighted by atomic mass is 35.5. The van der Waals surface area contributed by atoms with E-state index in [1.165, 1.54) is 6.34 Å². The molecule has 1 aromatic heterocycles. The maximum Gasteiger partial charge on any atom is 0.284 e. The van der Waals surface area contributed by atoms with Gasteiger partial charge in [-0.1, -0.05) is 34.4 Å². The van der Waals surface area contributed by atoms with E-state index in [2.05, 4.69) is 10.1 Å². The third-order valence-corrected chi connectivity index (χ3v) is 3.31. The summed E-state index contributed by atoms with van der Waals surface area (Å²) < 4.78 is 5.11. The van der Waals surface area contributed by atoms with Crippen molar-refractivity contribution in [1.82, 2.24) is 10.1 Å². The Kier molecular flexibility index (Phi) is 4.65. The van der Waals surface area contributed by atoms with Crippen molar-refractivity contribution in [2.24, 2.45) is 4.99 Å². The maximum atomic E-state index is 12.2. The van der Waals surface area contributed by atoms with Crippen molar-refractivity contribution in [2.75, 3.05) is 14.1 Å². The maximum absolute atomic E-state index is 12.2. The van der Waals surface area contributed by atoms with E-state index in [4.69, 9.17) is 27.7 Å². The van der Waals surface area contributed by atoms with Gasteiger partial charge in [0.05, 0.1) is 16.4 Å². The summed E-state index contributed by atoms with van der Waals surface area (Å²) in [5, 5.41) is 4.68. The van der Waals surface area contributed by atoms with Crippen LogP contribution in [0.25, 0.3) is 11.3 Å². The minimum Gasteiger partial charge on any atom is -0.369 e. The second kappa shape index (κ2) is 6.28. The second-order valence-corrected chi connectivity index (χ2v) is 5.39. The summed E-state index contributed by atoms with van der Waals surface area (Å²) in [5.74, 6) is -0.102. The zero-order chi connectivity index (χ0) is 15.6. The van der Waals surface area contributed by atoms with Gasteiger partial charge in [0.25, 0.3) is 5.91 Å². The van der Waals surface area contributed by atoms with Gasteiger partial charge in [-0.2, -0.15) is 4.99 Å². The first-order valence-electron chi connectivity index (χ1n) is 6.07. The number of rotatable bonds is 3. The standard InChI is InChI=1S/C14H13Cl2N3O2/c1-8-11(14(20)17-7-19(2)3)13(18-21-8)12-9(15)5-4-6-10(12)16/h4-7H,1-3H3. The van der Waals surface area contributed by atoms with Gasteiger partial charge in [-0.05, 0) is 19.1 Å². The Balaban J connectivity index is 2.55. The van der Waals surface area contributed by atoms with E-state index in [1.54, 1.807) is 44.1 Å².